The van der Waals surface area contributed by atoms with E-state index in [4.69, 9.17) is 5.10 Å². The summed E-state index contributed by atoms with van der Waals surface area (Å²) in [5.41, 5.74) is 4.94. The van der Waals surface area contributed by atoms with E-state index in [2.05, 4.69) is 66.4 Å². The Labute approximate surface area is 139 Å². The number of benzene rings is 1. The van der Waals surface area contributed by atoms with Crippen LogP contribution in [0.3, 0.4) is 0 Å². The van der Waals surface area contributed by atoms with E-state index in [0.717, 1.165) is 31.0 Å². The molecule has 0 bridgehead atoms. The van der Waals surface area contributed by atoms with Crippen molar-refractivity contribution in [3.05, 3.63) is 47.3 Å². The topological polar surface area (TPSA) is 24.3 Å². The van der Waals surface area contributed by atoms with Gasteiger partial charge in [-0.1, -0.05) is 18.2 Å². The fourth-order valence-electron chi connectivity index (χ4n) is 3.39. The number of para-hydroxylation sites is 1. The number of rotatable bonds is 4. The zero-order chi connectivity index (χ0) is 16.4. The van der Waals surface area contributed by atoms with Gasteiger partial charge in [-0.15, -0.1) is 0 Å². The van der Waals surface area contributed by atoms with Crippen LogP contribution in [0.15, 0.2) is 30.3 Å². The van der Waals surface area contributed by atoms with Crippen LogP contribution < -0.4 is 0 Å². The van der Waals surface area contributed by atoms with E-state index in [-0.39, 0.29) is 0 Å². The van der Waals surface area contributed by atoms with E-state index in [1.807, 2.05) is 6.07 Å². The van der Waals surface area contributed by atoms with Gasteiger partial charge in [-0.2, -0.15) is 5.10 Å². The van der Waals surface area contributed by atoms with Crippen LogP contribution in [0.25, 0.3) is 5.69 Å². The van der Waals surface area contributed by atoms with Crippen molar-refractivity contribution < 1.29 is 0 Å². The van der Waals surface area contributed by atoms with Gasteiger partial charge in [0.1, 0.15) is 0 Å². The minimum atomic E-state index is 0.654. The third-order valence-electron chi connectivity index (χ3n) is 4.96. The smallest absolute Gasteiger partial charge is 0.0648 e. The predicted molar refractivity (Wildman–Crippen MR) is 95.0 cm³/mol. The van der Waals surface area contributed by atoms with Crippen molar-refractivity contribution >= 4 is 0 Å². The molecule has 1 aliphatic heterocycles. The van der Waals surface area contributed by atoms with Crippen LogP contribution >= 0.6 is 0 Å². The van der Waals surface area contributed by atoms with Gasteiger partial charge >= 0.3 is 0 Å². The molecule has 0 aliphatic carbocycles. The van der Waals surface area contributed by atoms with E-state index in [1.54, 1.807) is 0 Å². The van der Waals surface area contributed by atoms with Crippen LogP contribution in [0.4, 0.5) is 0 Å². The van der Waals surface area contributed by atoms with E-state index in [9.17, 15) is 0 Å². The van der Waals surface area contributed by atoms with Crippen molar-refractivity contribution in [1.29, 1.82) is 0 Å². The molecule has 2 heterocycles. The van der Waals surface area contributed by atoms with Gasteiger partial charge in [0.2, 0.25) is 0 Å². The quantitative estimate of drug-likeness (QED) is 0.867. The van der Waals surface area contributed by atoms with Gasteiger partial charge in [0, 0.05) is 50.0 Å². The number of aryl methyl sites for hydroxylation is 1. The van der Waals surface area contributed by atoms with Crippen LogP contribution in [0, 0.1) is 13.8 Å². The fraction of sp³-hybridized carbons (Fsp3) is 0.526. The van der Waals surface area contributed by atoms with Crippen molar-refractivity contribution in [2.45, 2.75) is 40.3 Å². The van der Waals surface area contributed by atoms with Crippen molar-refractivity contribution in [3.8, 4) is 5.69 Å². The van der Waals surface area contributed by atoms with Gasteiger partial charge in [0.25, 0.3) is 0 Å². The monoisotopic (exact) mass is 312 g/mol. The zero-order valence-electron chi connectivity index (χ0n) is 14.8. The maximum Gasteiger partial charge on any atom is 0.0648 e. The van der Waals surface area contributed by atoms with Gasteiger partial charge in [-0.05, 0) is 39.8 Å². The standard InChI is InChI=1S/C19H28N4/c1-15(2)22-12-10-21(11-13-22)14-19-16(3)20-23(17(19)4)18-8-6-5-7-9-18/h5-9,15H,10-14H2,1-4H3. The Balaban J connectivity index is 1.73. The van der Waals surface area contributed by atoms with Gasteiger partial charge in [0.15, 0.2) is 0 Å². The van der Waals surface area contributed by atoms with E-state index in [0.29, 0.717) is 6.04 Å². The SMILES string of the molecule is Cc1nn(-c2ccccc2)c(C)c1CN1CCN(C(C)C)CC1. The molecule has 4 nitrogen and oxygen atoms in total. The van der Waals surface area contributed by atoms with Gasteiger partial charge in [-0.3, -0.25) is 9.80 Å². The molecule has 23 heavy (non-hydrogen) atoms. The van der Waals surface area contributed by atoms with Gasteiger partial charge in [-0.25, -0.2) is 4.68 Å². The Morgan fingerprint density at radius 1 is 1.00 bits per heavy atom. The van der Waals surface area contributed by atoms with E-state index < -0.39 is 0 Å². The first-order valence-electron chi connectivity index (χ1n) is 8.63. The maximum atomic E-state index is 4.77. The Morgan fingerprint density at radius 2 is 1.65 bits per heavy atom. The second kappa shape index (κ2) is 6.85. The summed E-state index contributed by atoms with van der Waals surface area (Å²) < 4.78 is 2.08. The molecule has 0 unspecified atom stereocenters. The average Bonchev–Trinajstić information content (AvgIpc) is 2.84. The summed E-state index contributed by atoms with van der Waals surface area (Å²) in [4.78, 5) is 5.12. The first-order valence-corrected chi connectivity index (χ1v) is 8.63. The first kappa shape index (κ1) is 16.2. The summed E-state index contributed by atoms with van der Waals surface area (Å²) in [6.07, 6.45) is 0. The molecule has 1 aliphatic rings. The molecular formula is C19H28N4. The summed E-state index contributed by atoms with van der Waals surface area (Å²) >= 11 is 0. The normalized spacial score (nSPS) is 17.1. The summed E-state index contributed by atoms with van der Waals surface area (Å²) in [7, 11) is 0. The molecule has 0 saturated carbocycles. The van der Waals surface area contributed by atoms with Crippen molar-refractivity contribution in [1.82, 2.24) is 19.6 Å². The lowest BCUT2D eigenvalue weighted by atomic mass is 10.1. The molecule has 0 amide bonds. The van der Waals surface area contributed by atoms with Crippen molar-refractivity contribution in [2.75, 3.05) is 26.2 Å². The third-order valence-corrected chi connectivity index (χ3v) is 4.96. The van der Waals surface area contributed by atoms with Crippen LogP contribution in [0.1, 0.15) is 30.8 Å². The van der Waals surface area contributed by atoms with E-state index >= 15 is 0 Å². The average molecular weight is 312 g/mol. The fourth-order valence-corrected chi connectivity index (χ4v) is 3.39. The van der Waals surface area contributed by atoms with E-state index in [1.165, 1.54) is 24.3 Å². The molecule has 1 aromatic heterocycles. The second-order valence-electron chi connectivity index (χ2n) is 6.80. The largest absolute Gasteiger partial charge is 0.298 e. The Hall–Kier alpha value is -1.65. The second-order valence-corrected chi connectivity index (χ2v) is 6.80. The van der Waals surface area contributed by atoms with Crippen molar-refractivity contribution in [2.24, 2.45) is 0 Å². The van der Waals surface area contributed by atoms with Crippen LogP contribution in [0.2, 0.25) is 0 Å². The molecule has 0 atom stereocenters. The molecular weight excluding hydrogens is 284 g/mol. The summed E-state index contributed by atoms with van der Waals surface area (Å²) in [6.45, 7) is 14.5. The lowest BCUT2D eigenvalue weighted by Crippen LogP contribution is -2.48. The number of piperazine rings is 1. The third kappa shape index (κ3) is 3.48. The molecule has 0 spiro atoms. The Kier molecular flexibility index (Phi) is 4.83. The highest BCUT2D eigenvalue weighted by Crippen LogP contribution is 2.20. The molecule has 1 saturated heterocycles. The molecule has 3 rings (SSSR count). The minimum Gasteiger partial charge on any atom is -0.298 e. The highest BCUT2D eigenvalue weighted by molar-refractivity contribution is 5.36. The maximum absolute atomic E-state index is 4.77. The summed E-state index contributed by atoms with van der Waals surface area (Å²) in [6, 6.07) is 11.1. The number of aromatic nitrogens is 2. The molecule has 0 N–H and O–H groups in total. The number of hydrogen-bond acceptors (Lipinski definition) is 3. The number of hydrogen-bond donors (Lipinski definition) is 0. The minimum absolute atomic E-state index is 0.654. The summed E-state index contributed by atoms with van der Waals surface area (Å²) in [5.74, 6) is 0. The highest BCUT2D eigenvalue weighted by atomic mass is 15.3. The Morgan fingerprint density at radius 3 is 2.26 bits per heavy atom. The number of nitrogens with zero attached hydrogens (tertiary/aromatic N) is 4. The zero-order valence-corrected chi connectivity index (χ0v) is 14.8. The van der Waals surface area contributed by atoms with Gasteiger partial charge < -0.3 is 0 Å². The molecule has 124 valence electrons. The highest BCUT2D eigenvalue weighted by Gasteiger charge is 2.21. The Bertz CT molecular complexity index is 637. The van der Waals surface area contributed by atoms with Gasteiger partial charge in [0.05, 0.1) is 11.4 Å². The molecule has 1 fully saturated rings. The molecule has 0 radical (unpaired) electrons. The summed E-state index contributed by atoms with van der Waals surface area (Å²) in [5, 5.41) is 4.77. The lowest BCUT2D eigenvalue weighted by molar-refractivity contribution is 0.104. The van der Waals surface area contributed by atoms with Crippen LogP contribution in [-0.4, -0.2) is 51.8 Å². The molecule has 1 aromatic carbocycles. The predicted octanol–water partition coefficient (Wildman–Crippen LogP) is 3.02. The van der Waals surface area contributed by atoms with Crippen molar-refractivity contribution in [3.63, 3.8) is 0 Å². The van der Waals surface area contributed by atoms with Crippen LogP contribution in [0.5, 0.6) is 0 Å². The van der Waals surface area contributed by atoms with Crippen LogP contribution in [-0.2, 0) is 6.54 Å². The first-order chi connectivity index (χ1) is 11.1. The molecule has 2 aromatic rings. The lowest BCUT2D eigenvalue weighted by Gasteiger charge is -2.37. The molecule has 4 heteroatoms.